The number of fused-ring (bicyclic) bond motifs is 1. The van der Waals surface area contributed by atoms with Gasteiger partial charge in [-0.3, -0.25) is 14.9 Å². The number of hydrogen-bond donors (Lipinski definition) is 1. The van der Waals surface area contributed by atoms with Crippen molar-refractivity contribution in [2.24, 2.45) is 0 Å². The summed E-state index contributed by atoms with van der Waals surface area (Å²) >= 11 is 1.74. The number of thioether (sulfide) groups is 1. The summed E-state index contributed by atoms with van der Waals surface area (Å²) in [4.78, 5) is 40.2. The van der Waals surface area contributed by atoms with E-state index >= 15 is 0 Å². The maximum Gasteiger partial charge on any atom is 0.321 e. The van der Waals surface area contributed by atoms with E-state index in [0.29, 0.717) is 38.0 Å². The van der Waals surface area contributed by atoms with Crippen LogP contribution in [0.4, 0.5) is 16.2 Å². The van der Waals surface area contributed by atoms with Crippen LogP contribution in [-0.4, -0.2) is 56.9 Å². The molecule has 0 saturated carbocycles. The molecule has 9 heteroatoms. The van der Waals surface area contributed by atoms with Crippen molar-refractivity contribution < 1.29 is 14.5 Å². The number of carbonyl (C=O) groups excluding carboxylic acids is 2. The van der Waals surface area contributed by atoms with Gasteiger partial charge in [0.2, 0.25) is 0 Å². The molecule has 5 rings (SSSR count). The van der Waals surface area contributed by atoms with Gasteiger partial charge in [0.15, 0.2) is 0 Å². The highest BCUT2D eigenvalue weighted by Crippen LogP contribution is 2.44. The van der Waals surface area contributed by atoms with Crippen LogP contribution in [0.2, 0.25) is 0 Å². The van der Waals surface area contributed by atoms with Gasteiger partial charge in [0, 0.05) is 48.5 Å². The highest BCUT2D eigenvalue weighted by Gasteiger charge is 2.47. The molecular formula is C25H24N4O4S. The molecule has 3 aromatic carbocycles. The predicted octanol–water partition coefficient (Wildman–Crippen LogP) is 4.96. The number of nitro benzene ring substituents is 1. The Balaban J connectivity index is 1.28. The quantitative estimate of drug-likeness (QED) is 0.426. The molecule has 8 nitrogen and oxygen atoms in total. The lowest BCUT2D eigenvalue weighted by molar-refractivity contribution is -0.384. The minimum Gasteiger partial charge on any atom is -0.324 e. The van der Waals surface area contributed by atoms with Gasteiger partial charge in [-0.15, -0.1) is 11.8 Å². The largest absolute Gasteiger partial charge is 0.324 e. The van der Waals surface area contributed by atoms with Gasteiger partial charge in [-0.05, 0) is 30.4 Å². The molecular weight excluding hydrogens is 452 g/mol. The average molecular weight is 477 g/mol. The molecule has 0 radical (unpaired) electrons. The van der Waals surface area contributed by atoms with Crippen molar-refractivity contribution in [2.45, 2.75) is 17.7 Å². The lowest BCUT2D eigenvalue weighted by Crippen LogP contribution is -2.54. The van der Waals surface area contributed by atoms with Crippen molar-refractivity contribution in [1.82, 2.24) is 9.80 Å². The first-order chi connectivity index (χ1) is 16.5. The van der Waals surface area contributed by atoms with Crippen LogP contribution in [0.1, 0.15) is 23.2 Å². The predicted molar refractivity (Wildman–Crippen MR) is 133 cm³/mol. The zero-order valence-electron chi connectivity index (χ0n) is 18.5. The minimum absolute atomic E-state index is 0.0910. The summed E-state index contributed by atoms with van der Waals surface area (Å²) < 4.78 is 0. The van der Waals surface area contributed by atoms with Gasteiger partial charge in [-0.25, -0.2) is 4.79 Å². The van der Waals surface area contributed by atoms with E-state index in [-0.39, 0.29) is 17.6 Å². The molecule has 2 heterocycles. The summed E-state index contributed by atoms with van der Waals surface area (Å²) in [7, 11) is 0. The Bertz CT molecular complexity index is 1270. The normalized spacial score (nSPS) is 17.2. The Hall–Kier alpha value is -3.59. The second kappa shape index (κ2) is 8.98. The number of nitrogens with one attached hydrogen (secondary N) is 1. The van der Waals surface area contributed by atoms with Crippen molar-refractivity contribution in [3.8, 4) is 0 Å². The van der Waals surface area contributed by atoms with Gasteiger partial charge in [-0.1, -0.05) is 42.5 Å². The van der Waals surface area contributed by atoms with Crippen LogP contribution in [0.3, 0.4) is 0 Å². The van der Waals surface area contributed by atoms with E-state index in [2.05, 4.69) is 5.32 Å². The number of amides is 3. The highest BCUT2D eigenvalue weighted by molar-refractivity contribution is 8.00. The maximum atomic E-state index is 13.3. The SMILES string of the molecule is O=C(Nc1cccc2ccccc12)N1CCC2(CC1)SCCN2C(=O)c1cccc([N+](=O)[O-])c1. The first-order valence-corrected chi connectivity index (χ1v) is 12.2. The third-order valence-electron chi connectivity index (χ3n) is 6.59. The summed E-state index contributed by atoms with van der Waals surface area (Å²) in [6, 6.07) is 19.5. The molecule has 1 N–H and O–H groups in total. The summed E-state index contributed by atoms with van der Waals surface area (Å²) in [5, 5.41) is 16.2. The fraction of sp³-hybridized carbons (Fsp3) is 0.280. The molecule has 2 saturated heterocycles. The van der Waals surface area contributed by atoms with Crippen molar-refractivity contribution in [1.29, 1.82) is 0 Å². The van der Waals surface area contributed by atoms with Gasteiger partial charge in [0.1, 0.15) is 0 Å². The van der Waals surface area contributed by atoms with E-state index in [1.807, 2.05) is 47.4 Å². The Labute approximate surface area is 201 Å². The number of piperidine rings is 1. The highest BCUT2D eigenvalue weighted by atomic mass is 32.2. The van der Waals surface area contributed by atoms with Crippen LogP contribution in [0.5, 0.6) is 0 Å². The summed E-state index contributed by atoms with van der Waals surface area (Å²) in [5.74, 6) is 0.616. The van der Waals surface area contributed by atoms with E-state index in [4.69, 9.17) is 0 Å². The average Bonchev–Trinajstić information content (AvgIpc) is 3.27. The molecule has 0 atom stereocenters. The third kappa shape index (κ3) is 4.07. The maximum absolute atomic E-state index is 13.3. The number of hydrogen-bond acceptors (Lipinski definition) is 5. The number of non-ortho nitro benzene ring substituents is 1. The fourth-order valence-corrected chi connectivity index (χ4v) is 6.26. The minimum atomic E-state index is -0.488. The molecule has 174 valence electrons. The number of urea groups is 1. The van der Waals surface area contributed by atoms with Crippen LogP contribution in [-0.2, 0) is 0 Å². The topological polar surface area (TPSA) is 95.8 Å². The molecule has 0 aliphatic carbocycles. The number of carbonyl (C=O) groups is 2. The summed E-state index contributed by atoms with van der Waals surface area (Å²) in [6.07, 6.45) is 1.31. The van der Waals surface area contributed by atoms with E-state index in [0.717, 1.165) is 22.2 Å². The second-order valence-electron chi connectivity index (χ2n) is 8.50. The third-order valence-corrected chi connectivity index (χ3v) is 8.14. The van der Waals surface area contributed by atoms with Crippen molar-refractivity contribution in [3.05, 3.63) is 82.4 Å². The Kier molecular flexibility index (Phi) is 5.87. The Morgan fingerprint density at radius 1 is 0.971 bits per heavy atom. The lowest BCUT2D eigenvalue weighted by atomic mass is 10.0. The number of nitro groups is 1. The smallest absolute Gasteiger partial charge is 0.321 e. The van der Waals surface area contributed by atoms with Crippen molar-refractivity contribution >= 4 is 45.8 Å². The van der Waals surface area contributed by atoms with E-state index < -0.39 is 9.79 Å². The van der Waals surface area contributed by atoms with Gasteiger partial charge in [0.25, 0.3) is 11.6 Å². The van der Waals surface area contributed by atoms with Gasteiger partial charge >= 0.3 is 6.03 Å². The second-order valence-corrected chi connectivity index (χ2v) is 9.96. The molecule has 2 fully saturated rings. The molecule has 0 bridgehead atoms. The molecule has 1 spiro atoms. The number of nitrogens with zero attached hydrogens (tertiary/aromatic N) is 3. The molecule has 0 unspecified atom stereocenters. The van der Waals surface area contributed by atoms with E-state index in [1.54, 1.807) is 28.8 Å². The summed E-state index contributed by atoms with van der Waals surface area (Å²) in [5.41, 5.74) is 1.01. The van der Waals surface area contributed by atoms with Crippen LogP contribution in [0.15, 0.2) is 66.7 Å². The lowest BCUT2D eigenvalue weighted by Gasteiger charge is -2.44. The molecule has 2 aliphatic rings. The van der Waals surface area contributed by atoms with Gasteiger partial charge in [-0.2, -0.15) is 0 Å². The van der Waals surface area contributed by atoms with Crippen molar-refractivity contribution in [2.75, 3.05) is 30.7 Å². The van der Waals surface area contributed by atoms with E-state index in [9.17, 15) is 19.7 Å². The number of anilines is 1. The van der Waals surface area contributed by atoms with Crippen LogP contribution < -0.4 is 5.32 Å². The first-order valence-electron chi connectivity index (χ1n) is 11.2. The van der Waals surface area contributed by atoms with Crippen molar-refractivity contribution in [3.63, 3.8) is 0 Å². The Morgan fingerprint density at radius 3 is 2.50 bits per heavy atom. The molecule has 0 aromatic heterocycles. The zero-order chi connectivity index (χ0) is 23.7. The monoisotopic (exact) mass is 476 g/mol. The molecule has 3 amide bonds. The number of likely N-dealkylation sites (tertiary alicyclic amines) is 1. The standard InChI is InChI=1S/C25H24N4O4S/c30-23(19-7-3-8-20(17-19)29(32)33)28-15-16-34-25(28)11-13-27(14-12-25)24(31)26-22-10-4-6-18-5-1-2-9-21(18)22/h1-10,17H,11-16H2,(H,26,31). The van der Waals surface area contributed by atoms with Crippen LogP contribution >= 0.6 is 11.8 Å². The first kappa shape index (κ1) is 22.2. The summed E-state index contributed by atoms with van der Waals surface area (Å²) in [6.45, 7) is 1.65. The van der Waals surface area contributed by atoms with Crippen LogP contribution in [0.25, 0.3) is 10.8 Å². The van der Waals surface area contributed by atoms with Gasteiger partial charge in [0.05, 0.1) is 15.5 Å². The van der Waals surface area contributed by atoms with Gasteiger partial charge < -0.3 is 15.1 Å². The van der Waals surface area contributed by atoms with Crippen LogP contribution in [0, 0.1) is 10.1 Å². The molecule has 2 aliphatic heterocycles. The fourth-order valence-electron chi connectivity index (χ4n) is 4.81. The molecule has 3 aromatic rings. The molecule has 34 heavy (non-hydrogen) atoms. The number of rotatable bonds is 3. The van der Waals surface area contributed by atoms with E-state index in [1.165, 1.54) is 12.1 Å². The Morgan fingerprint density at radius 2 is 1.71 bits per heavy atom. The number of benzene rings is 3. The zero-order valence-corrected chi connectivity index (χ0v) is 19.3.